The minimum atomic E-state index is -2.80. The summed E-state index contributed by atoms with van der Waals surface area (Å²) in [5.41, 5.74) is -0.651. The van der Waals surface area contributed by atoms with Gasteiger partial charge in [0.15, 0.2) is 0 Å². The number of pyridine rings is 1. The van der Waals surface area contributed by atoms with Crippen LogP contribution in [0.2, 0.25) is 0 Å². The molecule has 14 heavy (non-hydrogen) atoms. The fraction of sp³-hybridized carbons (Fsp3) is 0.250. The van der Waals surface area contributed by atoms with Crippen molar-refractivity contribution in [3.05, 3.63) is 27.5 Å². The van der Waals surface area contributed by atoms with E-state index in [-0.39, 0.29) is 15.7 Å². The zero-order valence-corrected chi connectivity index (χ0v) is 8.42. The van der Waals surface area contributed by atoms with E-state index in [4.69, 9.17) is 10.4 Å². The van der Waals surface area contributed by atoms with E-state index in [1.807, 2.05) is 0 Å². The zero-order chi connectivity index (χ0) is 10.7. The Bertz CT molecular complexity index is 390. The number of aliphatic hydroxyl groups is 1. The topological polar surface area (TPSA) is 56.9 Å². The van der Waals surface area contributed by atoms with Gasteiger partial charge in [-0.25, -0.2) is 13.8 Å². The molecule has 6 heteroatoms. The Kier molecular flexibility index (Phi) is 3.49. The Balaban J connectivity index is 3.37. The monoisotopic (exact) mass is 262 g/mol. The van der Waals surface area contributed by atoms with E-state index in [1.54, 1.807) is 6.07 Å². The summed E-state index contributed by atoms with van der Waals surface area (Å²) in [6.07, 6.45) is -2.80. The van der Waals surface area contributed by atoms with Crippen LogP contribution in [0, 0.1) is 11.3 Å². The third-order valence-electron chi connectivity index (χ3n) is 1.58. The molecule has 74 valence electrons. The molecule has 0 aliphatic heterocycles. The molecule has 0 saturated heterocycles. The molecule has 0 amide bonds. The van der Waals surface area contributed by atoms with Crippen LogP contribution in [0.15, 0.2) is 10.5 Å². The van der Waals surface area contributed by atoms with Gasteiger partial charge in [-0.2, -0.15) is 5.26 Å². The molecule has 0 aromatic carbocycles. The molecule has 3 nitrogen and oxygen atoms in total. The number of alkyl halides is 2. The van der Waals surface area contributed by atoms with Gasteiger partial charge in [0, 0.05) is 10.0 Å². The molecule has 0 saturated carbocycles. The normalized spacial score (nSPS) is 10.3. The van der Waals surface area contributed by atoms with Crippen LogP contribution < -0.4 is 0 Å². The molecular formula is C8H5BrF2N2O. The molecule has 0 aliphatic rings. The highest BCUT2D eigenvalue weighted by atomic mass is 79.9. The molecule has 0 bridgehead atoms. The summed E-state index contributed by atoms with van der Waals surface area (Å²) < 4.78 is 25.1. The van der Waals surface area contributed by atoms with E-state index in [2.05, 4.69) is 20.9 Å². The van der Waals surface area contributed by atoms with Crippen molar-refractivity contribution in [1.82, 2.24) is 4.98 Å². The van der Waals surface area contributed by atoms with Gasteiger partial charge < -0.3 is 5.11 Å². The van der Waals surface area contributed by atoms with Crippen LogP contribution >= 0.6 is 15.9 Å². The molecule has 1 heterocycles. The van der Waals surface area contributed by atoms with Crippen LogP contribution in [-0.4, -0.2) is 10.1 Å². The summed E-state index contributed by atoms with van der Waals surface area (Å²) in [5.74, 6) is 0. The Morgan fingerprint density at radius 1 is 1.64 bits per heavy atom. The zero-order valence-electron chi connectivity index (χ0n) is 6.84. The predicted molar refractivity (Wildman–Crippen MR) is 47.5 cm³/mol. The van der Waals surface area contributed by atoms with Gasteiger partial charge in [0.05, 0.1) is 6.61 Å². The van der Waals surface area contributed by atoms with Gasteiger partial charge in [0.25, 0.3) is 6.43 Å². The minimum Gasteiger partial charge on any atom is -0.392 e. The first-order chi connectivity index (χ1) is 6.60. The summed E-state index contributed by atoms with van der Waals surface area (Å²) >= 11 is 2.98. The van der Waals surface area contributed by atoms with E-state index in [9.17, 15) is 8.78 Å². The fourth-order valence-electron chi connectivity index (χ4n) is 0.953. The molecule has 0 fully saturated rings. The smallest absolute Gasteiger partial charge is 0.280 e. The highest BCUT2D eigenvalue weighted by molar-refractivity contribution is 9.10. The Morgan fingerprint density at radius 2 is 2.29 bits per heavy atom. The number of aromatic nitrogens is 1. The second-order valence-corrected chi connectivity index (χ2v) is 3.28. The first-order valence-electron chi connectivity index (χ1n) is 3.58. The van der Waals surface area contributed by atoms with Crippen molar-refractivity contribution in [3.63, 3.8) is 0 Å². The van der Waals surface area contributed by atoms with Crippen molar-refractivity contribution in [1.29, 1.82) is 5.26 Å². The number of hydrogen-bond donors (Lipinski definition) is 1. The van der Waals surface area contributed by atoms with Crippen LogP contribution in [-0.2, 0) is 6.61 Å². The average Bonchev–Trinajstić information content (AvgIpc) is 2.16. The van der Waals surface area contributed by atoms with Crippen molar-refractivity contribution < 1.29 is 13.9 Å². The lowest BCUT2D eigenvalue weighted by Gasteiger charge is -2.07. The second kappa shape index (κ2) is 4.44. The molecule has 1 N–H and O–H groups in total. The van der Waals surface area contributed by atoms with Crippen LogP contribution in [0.25, 0.3) is 0 Å². The van der Waals surface area contributed by atoms with Gasteiger partial charge in [0.2, 0.25) is 0 Å². The molecule has 0 radical (unpaired) electrons. The van der Waals surface area contributed by atoms with Gasteiger partial charge in [0.1, 0.15) is 17.5 Å². The molecule has 0 unspecified atom stereocenters. The summed E-state index contributed by atoms with van der Waals surface area (Å²) in [7, 11) is 0. The highest BCUT2D eigenvalue weighted by Crippen LogP contribution is 2.27. The Hall–Kier alpha value is -1.06. The van der Waals surface area contributed by atoms with E-state index >= 15 is 0 Å². The first kappa shape index (κ1) is 11.0. The second-order valence-electron chi connectivity index (χ2n) is 2.42. The third-order valence-corrected chi connectivity index (χ3v) is 2.29. The highest BCUT2D eigenvalue weighted by Gasteiger charge is 2.18. The third kappa shape index (κ3) is 2.05. The van der Waals surface area contributed by atoms with Crippen molar-refractivity contribution >= 4 is 15.9 Å². The van der Waals surface area contributed by atoms with Crippen LogP contribution in [0.5, 0.6) is 0 Å². The van der Waals surface area contributed by atoms with Gasteiger partial charge >= 0.3 is 0 Å². The van der Waals surface area contributed by atoms with Gasteiger partial charge in [-0.3, -0.25) is 0 Å². The molecular weight excluding hydrogens is 258 g/mol. The lowest BCUT2D eigenvalue weighted by molar-refractivity contribution is 0.141. The molecule has 0 atom stereocenters. The van der Waals surface area contributed by atoms with Gasteiger partial charge in [-0.15, -0.1) is 0 Å². The maximum atomic E-state index is 12.4. The quantitative estimate of drug-likeness (QED) is 0.889. The molecule has 0 spiro atoms. The SMILES string of the molecule is N#Cc1cc(Br)c(CO)c(C(F)F)n1. The van der Waals surface area contributed by atoms with Crippen LogP contribution in [0.3, 0.4) is 0 Å². The van der Waals surface area contributed by atoms with E-state index < -0.39 is 18.7 Å². The Labute approximate surface area is 87.1 Å². The standard InChI is InChI=1S/C8H5BrF2N2O/c9-6-1-4(2-12)13-7(8(10)11)5(6)3-14/h1,8,14H,3H2. The maximum Gasteiger partial charge on any atom is 0.280 e. The fourth-order valence-corrected chi connectivity index (χ4v) is 1.50. The maximum absolute atomic E-state index is 12.4. The largest absolute Gasteiger partial charge is 0.392 e. The average molecular weight is 263 g/mol. The molecule has 1 aromatic rings. The first-order valence-corrected chi connectivity index (χ1v) is 4.38. The lowest BCUT2D eigenvalue weighted by Crippen LogP contribution is -2.01. The van der Waals surface area contributed by atoms with E-state index in [0.717, 1.165) is 0 Å². The minimum absolute atomic E-state index is 0.0130. The number of nitrogens with zero attached hydrogens (tertiary/aromatic N) is 2. The Morgan fingerprint density at radius 3 is 2.71 bits per heavy atom. The summed E-state index contributed by atoms with van der Waals surface area (Å²) in [6, 6.07) is 2.95. The lowest BCUT2D eigenvalue weighted by atomic mass is 10.2. The number of aliphatic hydroxyl groups excluding tert-OH is 1. The number of rotatable bonds is 2. The molecule has 1 rings (SSSR count). The van der Waals surface area contributed by atoms with Crippen molar-refractivity contribution in [2.24, 2.45) is 0 Å². The number of hydrogen-bond acceptors (Lipinski definition) is 3. The van der Waals surface area contributed by atoms with Gasteiger partial charge in [-0.05, 0) is 6.07 Å². The van der Waals surface area contributed by atoms with E-state index in [0.29, 0.717) is 0 Å². The number of halogens is 3. The molecule has 1 aromatic heterocycles. The van der Waals surface area contributed by atoms with Crippen molar-refractivity contribution in [2.75, 3.05) is 0 Å². The summed E-state index contributed by atoms with van der Waals surface area (Å²) in [5, 5.41) is 17.3. The number of nitriles is 1. The van der Waals surface area contributed by atoms with Crippen LogP contribution in [0.4, 0.5) is 8.78 Å². The van der Waals surface area contributed by atoms with E-state index in [1.165, 1.54) is 6.07 Å². The van der Waals surface area contributed by atoms with Crippen molar-refractivity contribution in [3.8, 4) is 6.07 Å². The summed E-state index contributed by atoms with van der Waals surface area (Å²) in [6.45, 7) is -0.543. The summed E-state index contributed by atoms with van der Waals surface area (Å²) in [4.78, 5) is 3.42. The van der Waals surface area contributed by atoms with Crippen molar-refractivity contribution in [2.45, 2.75) is 13.0 Å². The van der Waals surface area contributed by atoms with Gasteiger partial charge in [-0.1, -0.05) is 15.9 Å². The van der Waals surface area contributed by atoms with Crippen LogP contribution in [0.1, 0.15) is 23.4 Å². The predicted octanol–water partition coefficient (Wildman–Crippen LogP) is 2.15. The molecule has 0 aliphatic carbocycles.